The van der Waals surface area contributed by atoms with E-state index < -0.39 is 0 Å². The fourth-order valence-corrected chi connectivity index (χ4v) is 2.34. The lowest BCUT2D eigenvalue weighted by Gasteiger charge is -2.30. The second-order valence-corrected chi connectivity index (χ2v) is 5.30. The van der Waals surface area contributed by atoms with Gasteiger partial charge in [-0.2, -0.15) is 0 Å². The van der Waals surface area contributed by atoms with Crippen LogP contribution >= 0.6 is 0 Å². The number of nitrogens with two attached hydrogens (primary N) is 1. The van der Waals surface area contributed by atoms with E-state index in [9.17, 15) is 4.39 Å². The van der Waals surface area contributed by atoms with Crippen LogP contribution in [0.2, 0.25) is 0 Å². The van der Waals surface area contributed by atoms with Crippen LogP contribution in [0.3, 0.4) is 0 Å². The average molecular weight is 267 g/mol. The van der Waals surface area contributed by atoms with Gasteiger partial charge in [-0.05, 0) is 39.2 Å². The lowest BCUT2D eigenvalue weighted by atomic mass is 10.1. The monoisotopic (exact) mass is 267 g/mol. The van der Waals surface area contributed by atoms with Gasteiger partial charge in [0, 0.05) is 31.2 Å². The molecule has 0 fully saturated rings. The summed E-state index contributed by atoms with van der Waals surface area (Å²) in [5.41, 5.74) is 7.26. The molecule has 1 aromatic rings. The van der Waals surface area contributed by atoms with Crippen molar-refractivity contribution in [2.24, 2.45) is 5.73 Å². The second kappa shape index (κ2) is 7.58. The zero-order chi connectivity index (χ0) is 14.4. The molecule has 0 aliphatic heterocycles. The van der Waals surface area contributed by atoms with Crippen LogP contribution < -0.4 is 5.73 Å². The largest absolute Gasteiger partial charge is 0.326 e. The Kier molecular flexibility index (Phi) is 6.42. The lowest BCUT2D eigenvalue weighted by molar-refractivity contribution is 0.174. The van der Waals surface area contributed by atoms with Gasteiger partial charge in [0.25, 0.3) is 0 Å². The molecule has 0 amide bonds. The van der Waals surface area contributed by atoms with E-state index in [1.54, 1.807) is 0 Å². The van der Waals surface area contributed by atoms with Gasteiger partial charge in [-0.1, -0.05) is 19.1 Å². The first-order valence-corrected chi connectivity index (χ1v) is 6.84. The van der Waals surface area contributed by atoms with Crippen molar-refractivity contribution in [3.63, 3.8) is 0 Å². The summed E-state index contributed by atoms with van der Waals surface area (Å²) in [6.07, 6.45) is 0. The quantitative estimate of drug-likeness (QED) is 0.821. The topological polar surface area (TPSA) is 32.5 Å². The minimum Gasteiger partial charge on any atom is -0.326 e. The third kappa shape index (κ3) is 4.90. The van der Waals surface area contributed by atoms with Gasteiger partial charge in [-0.25, -0.2) is 4.39 Å². The Morgan fingerprint density at radius 1 is 1.32 bits per heavy atom. The fraction of sp³-hybridized carbons (Fsp3) is 0.600. The van der Waals surface area contributed by atoms with E-state index in [0.29, 0.717) is 11.6 Å². The van der Waals surface area contributed by atoms with E-state index in [0.717, 1.165) is 25.2 Å². The number of hydrogen-bond donors (Lipinski definition) is 1. The van der Waals surface area contributed by atoms with Crippen molar-refractivity contribution < 1.29 is 4.39 Å². The first-order valence-electron chi connectivity index (χ1n) is 6.84. The van der Waals surface area contributed by atoms with E-state index in [2.05, 4.69) is 37.7 Å². The molecule has 108 valence electrons. The van der Waals surface area contributed by atoms with E-state index in [1.165, 1.54) is 6.07 Å². The molecule has 0 aliphatic rings. The van der Waals surface area contributed by atoms with Crippen LogP contribution in [-0.4, -0.2) is 43.0 Å². The molecule has 0 spiro atoms. The highest BCUT2D eigenvalue weighted by atomic mass is 19.1. The lowest BCUT2D eigenvalue weighted by Crippen LogP contribution is -2.39. The van der Waals surface area contributed by atoms with Gasteiger partial charge >= 0.3 is 0 Å². The Balaban J connectivity index is 2.75. The minimum absolute atomic E-state index is 0.212. The van der Waals surface area contributed by atoms with Gasteiger partial charge in [0.05, 0.1) is 0 Å². The zero-order valence-electron chi connectivity index (χ0n) is 12.5. The van der Waals surface area contributed by atoms with Crippen molar-refractivity contribution in [2.45, 2.75) is 33.0 Å². The van der Waals surface area contributed by atoms with Crippen molar-refractivity contribution in [2.75, 3.05) is 27.2 Å². The second-order valence-electron chi connectivity index (χ2n) is 5.30. The molecular weight excluding hydrogens is 241 g/mol. The zero-order valence-corrected chi connectivity index (χ0v) is 12.5. The first-order chi connectivity index (χ1) is 8.97. The van der Waals surface area contributed by atoms with Crippen molar-refractivity contribution >= 4 is 0 Å². The Morgan fingerprint density at radius 3 is 2.53 bits per heavy atom. The maximum Gasteiger partial charge on any atom is 0.127 e. The van der Waals surface area contributed by atoms with E-state index in [1.807, 2.05) is 12.1 Å². The third-order valence-corrected chi connectivity index (χ3v) is 3.37. The molecule has 1 aromatic carbocycles. The normalized spacial score (nSPS) is 13.3. The summed E-state index contributed by atoms with van der Waals surface area (Å²) in [5.74, 6) is -0.212. The van der Waals surface area contributed by atoms with Crippen LogP contribution in [0.25, 0.3) is 0 Å². The molecule has 0 heterocycles. The van der Waals surface area contributed by atoms with E-state index >= 15 is 0 Å². The van der Waals surface area contributed by atoms with Gasteiger partial charge in [0.2, 0.25) is 0 Å². The molecule has 0 bridgehead atoms. The number of hydrogen-bond acceptors (Lipinski definition) is 3. The van der Waals surface area contributed by atoms with Crippen molar-refractivity contribution in [3.8, 4) is 0 Å². The summed E-state index contributed by atoms with van der Waals surface area (Å²) in [5, 5.41) is 0. The number of halogens is 1. The molecule has 1 rings (SSSR count). The molecule has 2 N–H and O–H groups in total. The van der Waals surface area contributed by atoms with E-state index in [4.69, 9.17) is 5.73 Å². The summed E-state index contributed by atoms with van der Waals surface area (Å²) in [6, 6.07) is 5.70. The van der Waals surface area contributed by atoms with Crippen LogP contribution in [0, 0.1) is 5.82 Å². The number of rotatable bonds is 7. The van der Waals surface area contributed by atoms with Gasteiger partial charge < -0.3 is 10.6 Å². The smallest absolute Gasteiger partial charge is 0.127 e. The van der Waals surface area contributed by atoms with Gasteiger partial charge in [-0.15, -0.1) is 0 Å². The third-order valence-electron chi connectivity index (χ3n) is 3.37. The summed E-state index contributed by atoms with van der Waals surface area (Å²) in [4.78, 5) is 4.57. The Morgan fingerprint density at radius 2 is 2.00 bits per heavy atom. The molecular formula is C15H26FN3. The Labute approximate surface area is 116 Å². The summed E-state index contributed by atoms with van der Waals surface area (Å²) >= 11 is 0. The SMILES string of the molecule is CCN(Cc1ccc(F)c(CN)c1)C(C)CN(C)C. The van der Waals surface area contributed by atoms with Gasteiger partial charge in [0.15, 0.2) is 0 Å². The fourth-order valence-electron chi connectivity index (χ4n) is 2.34. The molecule has 1 atom stereocenters. The number of benzene rings is 1. The van der Waals surface area contributed by atoms with Gasteiger partial charge in [-0.3, -0.25) is 4.90 Å². The van der Waals surface area contributed by atoms with Crippen molar-refractivity contribution in [1.82, 2.24) is 9.80 Å². The molecule has 1 unspecified atom stereocenters. The highest BCUT2D eigenvalue weighted by molar-refractivity contribution is 5.25. The predicted molar refractivity (Wildman–Crippen MR) is 78.4 cm³/mol. The molecule has 0 aliphatic carbocycles. The maximum atomic E-state index is 13.4. The Bertz CT molecular complexity index is 393. The van der Waals surface area contributed by atoms with Crippen LogP contribution in [-0.2, 0) is 13.1 Å². The van der Waals surface area contributed by atoms with Crippen molar-refractivity contribution in [1.29, 1.82) is 0 Å². The summed E-state index contributed by atoms with van der Waals surface area (Å²) in [6.45, 7) is 7.44. The van der Waals surface area contributed by atoms with Crippen molar-refractivity contribution in [3.05, 3.63) is 35.1 Å². The molecule has 3 nitrogen and oxygen atoms in total. The van der Waals surface area contributed by atoms with E-state index in [-0.39, 0.29) is 12.4 Å². The number of nitrogens with zero attached hydrogens (tertiary/aromatic N) is 2. The highest BCUT2D eigenvalue weighted by Gasteiger charge is 2.14. The molecule has 0 saturated heterocycles. The highest BCUT2D eigenvalue weighted by Crippen LogP contribution is 2.13. The number of likely N-dealkylation sites (N-methyl/N-ethyl adjacent to an activating group) is 2. The van der Waals surface area contributed by atoms with Crippen LogP contribution in [0.5, 0.6) is 0 Å². The molecule has 0 radical (unpaired) electrons. The molecule has 0 saturated carbocycles. The van der Waals surface area contributed by atoms with Crippen LogP contribution in [0.1, 0.15) is 25.0 Å². The molecule has 4 heteroatoms. The molecule has 0 aromatic heterocycles. The Hall–Kier alpha value is -0.970. The standard InChI is InChI=1S/C15H26FN3/c1-5-19(12(2)10-18(3)4)11-13-6-7-15(16)14(8-13)9-17/h6-8,12H,5,9-11,17H2,1-4H3. The van der Waals surface area contributed by atoms with Crippen LogP contribution in [0.4, 0.5) is 4.39 Å². The summed E-state index contributed by atoms with van der Waals surface area (Å²) < 4.78 is 13.4. The predicted octanol–water partition coefficient (Wildman–Crippen LogP) is 2.06. The van der Waals surface area contributed by atoms with Crippen LogP contribution in [0.15, 0.2) is 18.2 Å². The van der Waals surface area contributed by atoms with Gasteiger partial charge in [0.1, 0.15) is 5.82 Å². The minimum atomic E-state index is -0.212. The summed E-state index contributed by atoms with van der Waals surface area (Å²) in [7, 11) is 4.16. The maximum absolute atomic E-state index is 13.4. The molecule has 19 heavy (non-hydrogen) atoms. The average Bonchev–Trinajstić information content (AvgIpc) is 2.36. The first kappa shape index (κ1) is 16.1.